The lowest BCUT2D eigenvalue weighted by atomic mass is 9.80. The molecule has 1 aliphatic rings. The van der Waals surface area contributed by atoms with Crippen LogP contribution < -0.4 is 4.78 Å². The number of carbonyl (C=O) groups is 1. The van der Waals surface area contributed by atoms with E-state index in [0.29, 0.717) is 6.54 Å². The molecule has 2 rings (SSSR count). The van der Waals surface area contributed by atoms with E-state index in [-0.39, 0.29) is 6.09 Å². The number of carbonyl (C=O) groups excluding carboxylic acids is 1. The predicted octanol–water partition coefficient (Wildman–Crippen LogP) is 2.15. The maximum Gasteiger partial charge on any atom is 0.410 e. The molecule has 5 heteroatoms. The van der Waals surface area contributed by atoms with Gasteiger partial charge in [-0.1, -0.05) is 12.9 Å². The molecule has 18 heavy (non-hydrogen) atoms. The minimum Gasteiger partial charge on any atom is -0.444 e. The summed E-state index contributed by atoms with van der Waals surface area (Å²) < 4.78 is 6.83. The molecule has 2 heterocycles. The van der Waals surface area contributed by atoms with Crippen LogP contribution in [0.5, 0.6) is 0 Å². The third kappa shape index (κ3) is 3.07. The third-order valence-electron chi connectivity index (χ3n) is 2.93. The fraction of sp³-hybridized carbons (Fsp3) is 0.615. The van der Waals surface area contributed by atoms with Crippen LogP contribution in [0.4, 0.5) is 4.79 Å². The van der Waals surface area contributed by atoms with E-state index in [1.54, 1.807) is 0 Å². The van der Waals surface area contributed by atoms with Gasteiger partial charge in [0, 0.05) is 11.4 Å². The molecule has 0 aliphatic carbocycles. The van der Waals surface area contributed by atoms with Gasteiger partial charge in [-0.2, -0.15) is 11.3 Å². The highest BCUT2D eigenvalue weighted by atomic mass is 32.1. The molecule has 1 amide bonds. The summed E-state index contributed by atoms with van der Waals surface area (Å²) in [4.78, 5) is 15.1. The van der Waals surface area contributed by atoms with Crippen molar-refractivity contribution >= 4 is 29.5 Å². The summed E-state index contributed by atoms with van der Waals surface area (Å²) in [5.41, 5.74) is 0.998. The van der Waals surface area contributed by atoms with E-state index in [1.165, 1.54) is 15.2 Å². The van der Waals surface area contributed by atoms with Gasteiger partial charge < -0.3 is 9.64 Å². The molecule has 0 atom stereocenters. The van der Waals surface area contributed by atoms with Gasteiger partial charge in [0.25, 0.3) is 0 Å². The summed E-state index contributed by atoms with van der Waals surface area (Å²) in [6.07, 6.45) is 0.755. The maximum absolute atomic E-state index is 12.0. The average molecular weight is 265 g/mol. The molecule has 0 spiro atoms. The Kier molecular flexibility index (Phi) is 3.71. The van der Waals surface area contributed by atoms with Crippen molar-refractivity contribution in [1.29, 1.82) is 0 Å². The zero-order valence-electron chi connectivity index (χ0n) is 11.6. The molecule has 3 nitrogen and oxygen atoms in total. The number of amides is 1. The van der Waals surface area contributed by atoms with Crippen LogP contribution in [0.3, 0.4) is 0 Å². The Morgan fingerprint density at radius 3 is 2.83 bits per heavy atom. The van der Waals surface area contributed by atoms with E-state index in [0.717, 1.165) is 20.2 Å². The highest BCUT2D eigenvalue weighted by molar-refractivity contribution is 7.21. The number of fused-ring (bicyclic) bond motifs is 1. The van der Waals surface area contributed by atoms with Gasteiger partial charge in [-0.15, -0.1) is 0 Å². The summed E-state index contributed by atoms with van der Waals surface area (Å²) in [6, 6.07) is 2.28. The van der Waals surface area contributed by atoms with E-state index in [4.69, 9.17) is 4.74 Å². The zero-order chi connectivity index (χ0) is 13.3. The monoisotopic (exact) mass is 265 g/mol. The molecule has 1 aromatic heterocycles. The van der Waals surface area contributed by atoms with Crippen molar-refractivity contribution in [3.05, 3.63) is 16.5 Å². The topological polar surface area (TPSA) is 29.5 Å². The number of hydrogen-bond donors (Lipinski definition) is 0. The van der Waals surface area contributed by atoms with Gasteiger partial charge >= 0.3 is 6.09 Å². The normalized spacial score (nSPS) is 15.2. The van der Waals surface area contributed by atoms with Crippen molar-refractivity contribution < 1.29 is 9.53 Å². The van der Waals surface area contributed by atoms with Crippen LogP contribution in [0.15, 0.2) is 6.07 Å². The van der Waals surface area contributed by atoms with Crippen molar-refractivity contribution in [3.8, 4) is 0 Å². The molecule has 0 saturated carbocycles. The maximum atomic E-state index is 12.0. The highest BCUT2D eigenvalue weighted by Gasteiger charge is 2.26. The molecule has 0 N–H and O–H groups in total. The largest absolute Gasteiger partial charge is 0.444 e. The van der Waals surface area contributed by atoms with Crippen LogP contribution in [0.25, 0.3) is 0 Å². The standard InChI is InChI=1S/C13H20BNO2S/c1-13(2,3)17-12(16)15-6-5-9-7-11(14-4)18-10(9)8-15/h7,14H,5-6,8H2,1-4H3. The van der Waals surface area contributed by atoms with Crippen LogP contribution in [-0.2, 0) is 17.7 Å². The molecule has 0 radical (unpaired) electrons. The van der Waals surface area contributed by atoms with Gasteiger partial charge in [-0.3, -0.25) is 0 Å². The minimum atomic E-state index is -0.415. The second-order valence-electron chi connectivity index (χ2n) is 5.67. The van der Waals surface area contributed by atoms with Crippen LogP contribution in [0.2, 0.25) is 6.82 Å². The van der Waals surface area contributed by atoms with E-state index in [2.05, 4.69) is 12.9 Å². The van der Waals surface area contributed by atoms with Crippen molar-refractivity contribution in [2.45, 2.75) is 46.2 Å². The highest BCUT2D eigenvalue weighted by Crippen LogP contribution is 2.24. The third-order valence-corrected chi connectivity index (χ3v) is 4.24. The summed E-state index contributed by atoms with van der Waals surface area (Å²) >= 11 is 1.83. The van der Waals surface area contributed by atoms with Gasteiger partial charge in [0.15, 0.2) is 7.28 Å². The first-order valence-electron chi connectivity index (χ1n) is 6.47. The molecular weight excluding hydrogens is 245 g/mol. The Morgan fingerprint density at radius 2 is 2.22 bits per heavy atom. The summed E-state index contributed by atoms with van der Waals surface area (Å²) in [5, 5.41) is 0. The first-order valence-corrected chi connectivity index (χ1v) is 7.29. The minimum absolute atomic E-state index is 0.195. The molecule has 0 bridgehead atoms. The molecule has 0 fully saturated rings. The predicted molar refractivity (Wildman–Crippen MR) is 77.3 cm³/mol. The Morgan fingerprint density at radius 1 is 1.50 bits per heavy atom. The van der Waals surface area contributed by atoms with Crippen molar-refractivity contribution in [1.82, 2.24) is 4.90 Å². The van der Waals surface area contributed by atoms with E-state index < -0.39 is 5.60 Å². The Balaban J connectivity index is 2.05. The van der Waals surface area contributed by atoms with Crippen LogP contribution in [0.1, 0.15) is 31.2 Å². The van der Waals surface area contributed by atoms with Crippen LogP contribution in [-0.4, -0.2) is 30.4 Å². The molecule has 0 saturated heterocycles. The van der Waals surface area contributed by atoms with Crippen molar-refractivity contribution in [3.63, 3.8) is 0 Å². The molecule has 98 valence electrons. The summed E-state index contributed by atoms with van der Waals surface area (Å²) in [6.45, 7) is 9.35. The number of thiophene rings is 1. The van der Waals surface area contributed by atoms with Crippen LogP contribution >= 0.6 is 11.3 Å². The number of ether oxygens (including phenoxy) is 1. The van der Waals surface area contributed by atoms with Gasteiger partial charge in [0.1, 0.15) is 5.60 Å². The van der Waals surface area contributed by atoms with E-state index in [9.17, 15) is 4.79 Å². The molecule has 1 aliphatic heterocycles. The quantitative estimate of drug-likeness (QED) is 0.728. The fourth-order valence-corrected chi connectivity index (χ4v) is 3.21. The second-order valence-corrected chi connectivity index (χ2v) is 6.89. The van der Waals surface area contributed by atoms with Gasteiger partial charge in [-0.25, -0.2) is 4.79 Å². The van der Waals surface area contributed by atoms with E-state index >= 15 is 0 Å². The lowest BCUT2D eigenvalue weighted by Gasteiger charge is -2.29. The molecule has 0 unspecified atom stereocenters. The van der Waals surface area contributed by atoms with E-state index in [1.807, 2.05) is 37.0 Å². The Hall–Kier alpha value is -0.965. The molecule has 0 aromatic carbocycles. The Labute approximate surface area is 113 Å². The number of nitrogens with zero attached hydrogens (tertiary/aromatic N) is 1. The zero-order valence-corrected chi connectivity index (χ0v) is 12.4. The van der Waals surface area contributed by atoms with Gasteiger partial charge in [0.05, 0.1) is 6.54 Å². The SMILES string of the molecule is CBc1cc2c(s1)CN(C(=O)OC(C)(C)C)CC2. The van der Waals surface area contributed by atoms with Crippen molar-refractivity contribution in [2.24, 2.45) is 0 Å². The average Bonchev–Trinajstić information content (AvgIpc) is 2.68. The number of hydrogen-bond acceptors (Lipinski definition) is 3. The van der Waals surface area contributed by atoms with Crippen molar-refractivity contribution in [2.75, 3.05) is 6.54 Å². The first-order chi connectivity index (χ1) is 8.39. The smallest absolute Gasteiger partial charge is 0.410 e. The number of rotatable bonds is 1. The lowest BCUT2D eigenvalue weighted by Crippen LogP contribution is -2.39. The Bertz CT molecular complexity index is 450. The van der Waals surface area contributed by atoms with Crippen LogP contribution in [0, 0.1) is 0 Å². The lowest BCUT2D eigenvalue weighted by molar-refractivity contribution is 0.0226. The van der Waals surface area contributed by atoms with Gasteiger partial charge in [-0.05, 0) is 37.5 Å². The summed E-state index contributed by atoms with van der Waals surface area (Å²) in [5.74, 6) is 0. The summed E-state index contributed by atoms with van der Waals surface area (Å²) in [7, 11) is 1.07. The molecular formula is C13H20BNO2S. The molecule has 1 aromatic rings. The fourth-order valence-electron chi connectivity index (χ4n) is 2.04. The first kappa shape index (κ1) is 13.5. The van der Waals surface area contributed by atoms with Gasteiger partial charge in [0.2, 0.25) is 0 Å². The second kappa shape index (κ2) is 4.96.